The number of hydrogen-bond donors (Lipinski definition) is 1. The highest BCUT2D eigenvalue weighted by molar-refractivity contribution is 5.97. The van der Waals surface area contributed by atoms with Gasteiger partial charge < -0.3 is 15.0 Å². The van der Waals surface area contributed by atoms with Crippen LogP contribution in [0.3, 0.4) is 0 Å². The Hall–Kier alpha value is -4.48. The predicted molar refractivity (Wildman–Crippen MR) is 142 cm³/mol. The quantitative estimate of drug-likeness (QED) is 0.259. The Labute approximate surface area is 233 Å². The second kappa shape index (κ2) is 11.6. The van der Waals surface area contributed by atoms with Gasteiger partial charge in [0.25, 0.3) is 0 Å². The second-order valence-electron chi connectivity index (χ2n) is 10.4. The summed E-state index contributed by atoms with van der Waals surface area (Å²) in [5.74, 6) is -2.09. The van der Waals surface area contributed by atoms with E-state index in [0.717, 1.165) is 18.2 Å². The van der Waals surface area contributed by atoms with E-state index in [2.05, 4.69) is 10.4 Å². The lowest BCUT2D eigenvalue weighted by atomic mass is 10.0. The fraction of sp³-hybridized carbons (Fsp3) is 0.310. The first-order chi connectivity index (χ1) is 19.2. The van der Waals surface area contributed by atoms with Crippen LogP contribution in [0.5, 0.6) is 0 Å². The Morgan fingerprint density at radius 3 is 2.27 bits per heavy atom. The maximum atomic E-state index is 13.6. The molecule has 4 rings (SSSR count). The summed E-state index contributed by atoms with van der Waals surface area (Å²) in [6.45, 7) is 5.48. The van der Waals surface area contributed by atoms with Crippen molar-refractivity contribution in [1.29, 1.82) is 0 Å². The number of halogens is 4. The summed E-state index contributed by atoms with van der Waals surface area (Å²) in [6.07, 6.45) is -1.99. The van der Waals surface area contributed by atoms with Crippen LogP contribution in [0.25, 0.3) is 17.2 Å². The van der Waals surface area contributed by atoms with E-state index in [1.54, 1.807) is 25.5 Å². The standard InChI is InChI=1S/C29H28F4N4O4/c1-28(2,3)41-27(40)26-25(19-7-11-21(30)12-8-19)22-17-36(14-15-37(22)35-26)24(39)16-34-23(38)13-6-18-4-9-20(10-5-18)29(31,32)33/h4-13H,14-17H2,1-3H3,(H,34,38)/b13-6+. The van der Waals surface area contributed by atoms with Crippen LogP contribution in [0.2, 0.25) is 0 Å². The number of aromatic nitrogens is 2. The van der Waals surface area contributed by atoms with Gasteiger partial charge in [-0.05, 0) is 62.2 Å². The van der Waals surface area contributed by atoms with E-state index in [0.29, 0.717) is 22.4 Å². The molecule has 2 amide bonds. The molecule has 1 aromatic heterocycles. The van der Waals surface area contributed by atoms with Gasteiger partial charge >= 0.3 is 12.1 Å². The van der Waals surface area contributed by atoms with Crippen molar-refractivity contribution in [3.63, 3.8) is 0 Å². The van der Waals surface area contributed by atoms with Crippen molar-refractivity contribution in [2.45, 2.75) is 45.6 Å². The van der Waals surface area contributed by atoms with Gasteiger partial charge in [0.05, 0.1) is 30.9 Å². The van der Waals surface area contributed by atoms with Gasteiger partial charge in [-0.1, -0.05) is 24.3 Å². The number of esters is 1. The van der Waals surface area contributed by atoms with Crippen molar-refractivity contribution in [3.05, 3.63) is 82.9 Å². The Kier molecular flexibility index (Phi) is 8.32. The molecule has 0 radical (unpaired) electrons. The number of ether oxygens (including phenoxy) is 1. The lowest BCUT2D eigenvalue weighted by molar-refractivity contribution is -0.137. The predicted octanol–water partition coefficient (Wildman–Crippen LogP) is 4.84. The van der Waals surface area contributed by atoms with E-state index >= 15 is 0 Å². The minimum Gasteiger partial charge on any atom is -0.455 e. The zero-order chi connectivity index (χ0) is 29.9. The van der Waals surface area contributed by atoms with E-state index in [-0.39, 0.29) is 31.9 Å². The monoisotopic (exact) mass is 572 g/mol. The van der Waals surface area contributed by atoms with Gasteiger partial charge in [-0.2, -0.15) is 18.3 Å². The zero-order valence-electron chi connectivity index (χ0n) is 22.6. The second-order valence-corrected chi connectivity index (χ2v) is 10.4. The molecular formula is C29H28F4N4O4. The van der Waals surface area contributed by atoms with Crippen LogP contribution in [-0.4, -0.2) is 51.2 Å². The van der Waals surface area contributed by atoms with Crippen LogP contribution in [0, 0.1) is 5.82 Å². The fourth-order valence-electron chi connectivity index (χ4n) is 4.21. The summed E-state index contributed by atoms with van der Waals surface area (Å²) >= 11 is 0. The largest absolute Gasteiger partial charge is 0.455 e. The van der Waals surface area contributed by atoms with Gasteiger partial charge in [0.2, 0.25) is 11.8 Å². The topological polar surface area (TPSA) is 93.5 Å². The molecule has 8 nitrogen and oxygen atoms in total. The third-order valence-corrected chi connectivity index (χ3v) is 6.14. The van der Waals surface area contributed by atoms with Gasteiger partial charge in [0, 0.05) is 18.2 Å². The highest BCUT2D eigenvalue weighted by Crippen LogP contribution is 2.32. The van der Waals surface area contributed by atoms with Gasteiger partial charge in [0.15, 0.2) is 5.69 Å². The van der Waals surface area contributed by atoms with E-state index < -0.39 is 40.9 Å². The minimum absolute atomic E-state index is 0.0533. The van der Waals surface area contributed by atoms with E-state index in [4.69, 9.17) is 4.74 Å². The molecule has 0 fully saturated rings. The molecule has 0 unspecified atom stereocenters. The molecule has 0 aliphatic carbocycles. The van der Waals surface area contributed by atoms with E-state index in [1.165, 1.54) is 47.4 Å². The molecule has 3 aromatic rings. The molecule has 12 heteroatoms. The number of alkyl halides is 3. The molecule has 0 saturated heterocycles. The van der Waals surface area contributed by atoms with Crippen LogP contribution in [0.4, 0.5) is 17.6 Å². The van der Waals surface area contributed by atoms with Gasteiger partial charge in [0.1, 0.15) is 11.4 Å². The van der Waals surface area contributed by atoms with Crippen molar-refractivity contribution in [2.75, 3.05) is 13.1 Å². The van der Waals surface area contributed by atoms with Crippen molar-refractivity contribution in [2.24, 2.45) is 0 Å². The Morgan fingerprint density at radius 1 is 1.00 bits per heavy atom. The Balaban J connectivity index is 1.45. The summed E-state index contributed by atoms with van der Waals surface area (Å²) in [5.41, 5.74) is 0.391. The third kappa shape index (κ3) is 7.38. The molecule has 0 spiro atoms. The average molecular weight is 573 g/mol. The number of carbonyl (C=O) groups is 3. The highest BCUT2D eigenvalue weighted by Gasteiger charge is 2.32. The highest BCUT2D eigenvalue weighted by atomic mass is 19.4. The first-order valence-corrected chi connectivity index (χ1v) is 12.7. The molecule has 0 atom stereocenters. The number of amides is 2. The SMILES string of the molecule is CC(C)(C)OC(=O)c1nn2c(c1-c1ccc(F)cc1)CN(C(=O)CNC(=O)/C=C/c1ccc(C(F)(F)F)cc1)CC2. The van der Waals surface area contributed by atoms with Gasteiger partial charge in [-0.25, -0.2) is 9.18 Å². The summed E-state index contributed by atoms with van der Waals surface area (Å²) in [6, 6.07) is 9.86. The van der Waals surface area contributed by atoms with Crippen LogP contribution < -0.4 is 5.32 Å². The number of nitrogens with zero attached hydrogens (tertiary/aromatic N) is 3. The average Bonchev–Trinajstić information content (AvgIpc) is 3.29. The van der Waals surface area contributed by atoms with E-state index in [9.17, 15) is 31.9 Å². The number of carbonyl (C=O) groups excluding carboxylic acids is 3. The molecule has 1 aliphatic rings. The number of nitrogens with one attached hydrogen (secondary N) is 1. The number of fused-ring (bicyclic) bond motifs is 1. The maximum Gasteiger partial charge on any atom is 0.416 e. The van der Waals surface area contributed by atoms with Crippen LogP contribution in [0.15, 0.2) is 54.6 Å². The van der Waals surface area contributed by atoms with Crippen molar-refractivity contribution >= 4 is 23.9 Å². The molecule has 41 heavy (non-hydrogen) atoms. The molecule has 1 aliphatic heterocycles. The molecule has 1 N–H and O–H groups in total. The molecule has 0 saturated carbocycles. The minimum atomic E-state index is -4.46. The molecule has 2 heterocycles. The summed E-state index contributed by atoms with van der Waals surface area (Å²) in [5, 5.41) is 6.92. The maximum absolute atomic E-state index is 13.6. The lowest BCUT2D eigenvalue weighted by Gasteiger charge is -2.28. The number of benzene rings is 2. The summed E-state index contributed by atoms with van der Waals surface area (Å²) in [7, 11) is 0. The summed E-state index contributed by atoms with van der Waals surface area (Å²) in [4.78, 5) is 39.7. The smallest absolute Gasteiger partial charge is 0.416 e. The van der Waals surface area contributed by atoms with Crippen molar-refractivity contribution in [1.82, 2.24) is 20.0 Å². The molecule has 216 valence electrons. The molecule has 2 aromatic carbocycles. The first kappa shape index (κ1) is 29.5. The molecule has 0 bridgehead atoms. The van der Waals surface area contributed by atoms with Crippen LogP contribution in [-0.2, 0) is 33.6 Å². The Morgan fingerprint density at radius 2 is 1.66 bits per heavy atom. The lowest BCUT2D eigenvalue weighted by Crippen LogP contribution is -2.43. The Bertz CT molecular complexity index is 1470. The van der Waals surface area contributed by atoms with Crippen LogP contribution in [0.1, 0.15) is 48.1 Å². The number of hydrogen-bond acceptors (Lipinski definition) is 5. The fourth-order valence-corrected chi connectivity index (χ4v) is 4.21. The summed E-state index contributed by atoms with van der Waals surface area (Å²) < 4.78 is 58.9. The van der Waals surface area contributed by atoms with Crippen LogP contribution >= 0.6 is 0 Å². The number of rotatable bonds is 6. The first-order valence-electron chi connectivity index (χ1n) is 12.7. The van der Waals surface area contributed by atoms with Gasteiger partial charge in [-0.15, -0.1) is 0 Å². The third-order valence-electron chi connectivity index (χ3n) is 6.14. The van der Waals surface area contributed by atoms with Crippen molar-refractivity contribution in [3.8, 4) is 11.1 Å². The normalized spacial score (nSPS) is 13.7. The van der Waals surface area contributed by atoms with E-state index in [1.807, 2.05) is 0 Å². The zero-order valence-corrected chi connectivity index (χ0v) is 22.6. The van der Waals surface area contributed by atoms with Gasteiger partial charge in [-0.3, -0.25) is 14.3 Å². The molecular weight excluding hydrogens is 544 g/mol. The van der Waals surface area contributed by atoms with Crippen molar-refractivity contribution < 1.29 is 36.7 Å².